The Hall–Kier alpha value is -1.83. The van der Waals surface area contributed by atoms with Crippen molar-refractivity contribution < 1.29 is 12.6 Å². The van der Waals surface area contributed by atoms with Crippen molar-refractivity contribution in [2.45, 2.75) is 17.9 Å². The summed E-state index contributed by atoms with van der Waals surface area (Å²) in [7, 11) is -3.89. The molecule has 0 aromatic heterocycles. The highest BCUT2D eigenvalue weighted by Crippen LogP contribution is 2.27. The van der Waals surface area contributed by atoms with E-state index in [0.29, 0.717) is 11.7 Å². The van der Waals surface area contributed by atoms with Crippen LogP contribution in [0.2, 0.25) is 0 Å². The molecule has 2 aromatic rings. The van der Waals surface area contributed by atoms with Gasteiger partial charge in [0.05, 0.1) is 11.4 Å². The quantitative estimate of drug-likeness (QED) is 0.782. The number of hydrogen-bond acceptors (Lipinski definition) is 5. The van der Waals surface area contributed by atoms with E-state index in [1.54, 1.807) is 24.3 Å². The third kappa shape index (κ3) is 4.42. The van der Waals surface area contributed by atoms with Crippen molar-refractivity contribution in [3.05, 3.63) is 65.7 Å². The van der Waals surface area contributed by atoms with Crippen molar-refractivity contribution >= 4 is 27.0 Å². The summed E-state index contributed by atoms with van der Waals surface area (Å²) in [6.45, 7) is 2.96. The first-order valence-corrected chi connectivity index (χ1v) is 10.4. The third-order valence-corrected chi connectivity index (χ3v) is 6.25. The van der Waals surface area contributed by atoms with Gasteiger partial charge in [-0.15, -0.1) is 0 Å². The molecular formula is C18H20N2O3S2. The average Bonchev–Trinajstić information content (AvgIpc) is 3.00. The van der Waals surface area contributed by atoms with E-state index in [0.717, 1.165) is 23.4 Å². The summed E-state index contributed by atoms with van der Waals surface area (Å²) < 4.78 is 31.0. The van der Waals surface area contributed by atoms with Crippen LogP contribution >= 0.6 is 11.8 Å². The molecule has 1 aliphatic rings. The molecule has 1 fully saturated rings. The predicted molar refractivity (Wildman–Crippen MR) is 100 cm³/mol. The smallest absolute Gasteiger partial charge is 0.297 e. The van der Waals surface area contributed by atoms with Crippen LogP contribution in [-0.2, 0) is 14.3 Å². The lowest BCUT2D eigenvalue weighted by molar-refractivity contribution is 0.180. The van der Waals surface area contributed by atoms with Crippen LogP contribution in [0.25, 0.3) is 0 Å². The Kier molecular flexibility index (Phi) is 5.46. The Labute approximate surface area is 152 Å². The van der Waals surface area contributed by atoms with E-state index in [9.17, 15) is 8.42 Å². The number of nitrogens with zero attached hydrogens (tertiary/aromatic N) is 1. The molecule has 1 aliphatic heterocycles. The number of aryl methyl sites for hydroxylation is 1. The van der Waals surface area contributed by atoms with Gasteiger partial charge in [-0.05, 0) is 24.6 Å². The number of benzene rings is 2. The van der Waals surface area contributed by atoms with Crippen LogP contribution in [0.4, 0.5) is 0 Å². The van der Waals surface area contributed by atoms with Crippen LogP contribution in [0, 0.1) is 12.3 Å². The second-order valence-corrected chi connectivity index (χ2v) is 8.52. The molecular weight excluding hydrogens is 356 g/mol. The minimum absolute atomic E-state index is 0.143. The highest BCUT2D eigenvalue weighted by atomic mass is 32.2. The van der Waals surface area contributed by atoms with Gasteiger partial charge in [0.1, 0.15) is 6.10 Å². The Morgan fingerprint density at radius 2 is 1.84 bits per heavy atom. The van der Waals surface area contributed by atoms with Crippen LogP contribution in [-0.4, -0.2) is 37.3 Å². The molecule has 3 rings (SSSR count). The first kappa shape index (κ1) is 18.0. The maximum Gasteiger partial charge on any atom is 0.297 e. The van der Waals surface area contributed by atoms with Gasteiger partial charge in [0.15, 0.2) is 5.17 Å². The van der Waals surface area contributed by atoms with Gasteiger partial charge in [-0.1, -0.05) is 59.8 Å². The van der Waals surface area contributed by atoms with E-state index in [2.05, 4.69) is 0 Å². The third-order valence-electron chi connectivity index (χ3n) is 4.00. The van der Waals surface area contributed by atoms with Crippen molar-refractivity contribution in [2.75, 3.05) is 18.8 Å². The van der Waals surface area contributed by atoms with Gasteiger partial charge in [-0.25, -0.2) is 0 Å². The number of rotatable bonds is 6. The summed E-state index contributed by atoms with van der Waals surface area (Å²) in [6, 6.07) is 15.9. The summed E-state index contributed by atoms with van der Waals surface area (Å²) >= 11 is 1.46. The molecule has 132 valence electrons. The van der Waals surface area contributed by atoms with Gasteiger partial charge in [0.25, 0.3) is 10.1 Å². The molecule has 0 saturated carbocycles. The summed E-state index contributed by atoms with van der Waals surface area (Å²) in [4.78, 5) is 2.00. The van der Waals surface area contributed by atoms with Gasteiger partial charge in [0, 0.05) is 12.3 Å². The van der Waals surface area contributed by atoms with Gasteiger partial charge >= 0.3 is 0 Å². The number of hydrogen-bond donors (Lipinski definition) is 1. The SMILES string of the molecule is Cc1ccc(S(=O)(=O)OC(CN2CCSC2=N)c2ccccc2)cc1. The summed E-state index contributed by atoms with van der Waals surface area (Å²) in [6.07, 6.45) is -0.661. The van der Waals surface area contributed by atoms with Gasteiger partial charge in [0.2, 0.25) is 0 Å². The fourth-order valence-corrected chi connectivity index (χ4v) is 4.50. The van der Waals surface area contributed by atoms with Crippen LogP contribution < -0.4 is 0 Å². The molecule has 0 aliphatic carbocycles. The Morgan fingerprint density at radius 3 is 2.44 bits per heavy atom. The second-order valence-electron chi connectivity index (χ2n) is 5.86. The van der Waals surface area contributed by atoms with Crippen LogP contribution in [0.1, 0.15) is 17.2 Å². The standard InChI is InChI=1S/C18H20N2O3S2/c1-14-7-9-16(10-8-14)25(21,22)23-17(15-5-3-2-4-6-15)13-20-11-12-24-18(20)19/h2-10,17,19H,11-13H2,1H3. The normalized spacial score (nSPS) is 16.2. The molecule has 1 saturated heterocycles. The molecule has 0 bridgehead atoms. The van der Waals surface area contributed by atoms with Crippen LogP contribution in [0.5, 0.6) is 0 Å². The summed E-state index contributed by atoms with van der Waals surface area (Å²) in [5.41, 5.74) is 1.77. The molecule has 1 heterocycles. The molecule has 5 nitrogen and oxygen atoms in total. The number of thioether (sulfide) groups is 1. The summed E-state index contributed by atoms with van der Waals surface area (Å²) in [5.74, 6) is 0.838. The highest BCUT2D eigenvalue weighted by molar-refractivity contribution is 8.14. The lowest BCUT2D eigenvalue weighted by Crippen LogP contribution is -2.31. The fraction of sp³-hybridized carbons (Fsp3) is 0.278. The molecule has 7 heteroatoms. The zero-order valence-corrected chi connectivity index (χ0v) is 15.5. The second kappa shape index (κ2) is 7.59. The van der Waals surface area contributed by atoms with Crippen molar-refractivity contribution in [3.63, 3.8) is 0 Å². The van der Waals surface area contributed by atoms with Gasteiger partial charge < -0.3 is 4.90 Å². The molecule has 25 heavy (non-hydrogen) atoms. The zero-order valence-electron chi connectivity index (χ0n) is 13.9. The Morgan fingerprint density at radius 1 is 1.16 bits per heavy atom. The molecule has 1 atom stereocenters. The van der Waals surface area contributed by atoms with Crippen LogP contribution in [0.15, 0.2) is 59.5 Å². The molecule has 0 amide bonds. The molecule has 0 spiro atoms. The van der Waals surface area contributed by atoms with E-state index in [4.69, 9.17) is 9.59 Å². The largest absolute Gasteiger partial charge is 0.348 e. The van der Waals surface area contributed by atoms with Crippen LogP contribution in [0.3, 0.4) is 0 Å². The van der Waals surface area contributed by atoms with Crippen molar-refractivity contribution in [2.24, 2.45) is 0 Å². The van der Waals surface area contributed by atoms with Gasteiger partial charge in [-0.3, -0.25) is 9.59 Å². The minimum Gasteiger partial charge on any atom is -0.348 e. The number of nitrogens with one attached hydrogen (secondary N) is 1. The van der Waals surface area contributed by atoms with Crippen molar-refractivity contribution in [3.8, 4) is 0 Å². The maximum atomic E-state index is 12.7. The lowest BCUT2D eigenvalue weighted by atomic mass is 10.1. The maximum absolute atomic E-state index is 12.7. The molecule has 2 aromatic carbocycles. The molecule has 0 radical (unpaired) electrons. The van der Waals surface area contributed by atoms with Crippen molar-refractivity contribution in [1.29, 1.82) is 5.41 Å². The van der Waals surface area contributed by atoms with E-state index in [1.807, 2.05) is 42.2 Å². The summed E-state index contributed by atoms with van der Waals surface area (Å²) in [5, 5.41) is 8.42. The topological polar surface area (TPSA) is 70.5 Å². The zero-order chi connectivity index (χ0) is 17.9. The monoisotopic (exact) mass is 376 g/mol. The van der Waals surface area contributed by atoms with E-state index < -0.39 is 16.2 Å². The fourth-order valence-electron chi connectivity index (χ4n) is 2.59. The first-order valence-electron chi connectivity index (χ1n) is 7.97. The minimum atomic E-state index is -3.89. The predicted octanol–water partition coefficient (Wildman–Crippen LogP) is 3.43. The molecule has 1 N–H and O–H groups in total. The number of amidine groups is 1. The van der Waals surface area contributed by atoms with Crippen molar-refractivity contribution in [1.82, 2.24) is 4.90 Å². The van der Waals surface area contributed by atoms with E-state index in [-0.39, 0.29) is 4.90 Å². The Balaban J connectivity index is 1.86. The Bertz CT molecular complexity index is 836. The lowest BCUT2D eigenvalue weighted by Gasteiger charge is -2.24. The van der Waals surface area contributed by atoms with E-state index >= 15 is 0 Å². The van der Waals surface area contributed by atoms with E-state index in [1.165, 1.54) is 11.8 Å². The highest BCUT2D eigenvalue weighted by Gasteiger charge is 2.28. The van der Waals surface area contributed by atoms with Gasteiger partial charge in [-0.2, -0.15) is 8.42 Å². The first-order chi connectivity index (χ1) is 12.0. The average molecular weight is 377 g/mol. The molecule has 1 unspecified atom stereocenters.